The van der Waals surface area contributed by atoms with E-state index in [4.69, 9.17) is 4.74 Å². The minimum Gasteiger partial charge on any atom is -0.462 e. The van der Waals surface area contributed by atoms with Crippen molar-refractivity contribution in [2.24, 2.45) is 4.99 Å². The van der Waals surface area contributed by atoms with Gasteiger partial charge in [0, 0.05) is 20.0 Å². The third-order valence-corrected chi connectivity index (χ3v) is 3.65. The van der Waals surface area contributed by atoms with Crippen LogP contribution < -0.4 is 0 Å². The van der Waals surface area contributed by atoms with Crippen LogP contribution in [0, 0.1) is 13.8 Å². The standard InChI is InChI=1S/C18H26F2N2O2/c1-6-22(5)12-21-16-11-13(2)15(10-14(16)3)17(23)24-9-7-8-18(4,19)20/h10-12H,6-9H2,1-5H3/b21-12+. The fourth-order valence-electron chi connectivity index (χ4n) is 2.03. The third-order valence-electron chi connectivity index (χ3n) is 3.65. The highest BCUT2D eigenvalue weighted by atomic mass is 19.3. The molecule has 1 aromatic carbocycles. The molecular weight excluding hydrogens is 314 g/mol. The van der Waals surface area contributed by atoms with E-state index in [1.54, 1.807) is 19.3 Å². The van der Waals surface area contributed by atoms with Crippen molar-refractivity contribution in [3.63, 3.8) is 0 Å². The third kappa shape index (κ3) is 6.64. The minimum atomic E-state index is -2.73. The summed E-state index contributed by atoms with van der Waals surface area (Å²) in [6, 6.07) is 3.55. The Morgan fingerprint density at radius 2 is 2.00 bits per heavy atom. The first-order chi connectivity index (χ1) is 11.1. The summed E-state index contributed by atoms with van der Waals surface area (Å²) in [7, 11) is 1.93. The normalized spacial score (nSPS) is 11.8. The van der Waals surface area contributed by atoms with E-state index >= 15 is 0 Å². The maximum Gasteiger partial charge on any atom is 0.338 e. The zero-order valence-electron chi connectivity index (χ0n) is 15.0. The minimum absolute atomic E-state index is 0.0120. The van der Waals surface area contributed by atoms with E-state index in [2.05, 4.69) is 4.99 Å². The second kappa shape index (κ2) is 8.76. The Morgan fingerprint density at radius 1 is 1.33 bits per heavy atom. The number of carbonyl (C=O) groups excluding carboxylic acids is 1. The maximum atomic E-state index is 12.7. The fourth-order valence-corrected chi connectivity index (χ4v) is 2.03. The molecule has 0 amide bonds. The molecule has 0 saturated heterocycles. The molecule has 0 atom stereocenters. The first-order valence-electron chi connectivity index (χ1n) is 8.04. The monoisotopic (exact) mass is 340 g/mol. The summed E-state index contributed by atoms with van der Waals surface area (Å²) in [4.78, 5) is 18.5. The Morgan fingerprint density at radius 3 is 2.58 bits per heavy atom. The smallest absolute Gasteiger partial charge is 0.338 e. The Kier molecular flexibility index (Phi) is 7.32. The van der Waals surface area contributed by atoms with Crippen molar-refractivity contribution in [1.82, 2.24) is 4.90 Å². The molecule has 0 heterocycles. The van der Waals surface area contributed by atoms with Crippen molar-refractivity contribution in [3.8, 4) is 0 Å². The number of nitrogens with zero attached hydrogens (tertiary/aromatic N) is 2. The molecule has 0 aliphatic carbocycles. The van der Waals surface area contributed by atoms with Gasteiger partial charge < -0.3 is 9.64 Å². The van der Waals surface area contributed by atoms with Crippen LogP contribution in [0.5, 0.6) is 0 Å². The molecule has 0 spiro atoms. The van der Waals surface area contributed by atoms with Gasteiger partial charge in [-0.25, -0.2) is 18.6 Å². The van der Waals surface area contributed by atoms with E-state index in [0.717, 1.165) is 30.3 Å². The fraction of sp³-hybridized carbons (Fsp3) is 0.556. The lowest BCUT2D eigenvalue weighted by Crippen LogP contribution is -2.14. The van der Waals surface area contributed by atoms with Gasteiger partial charge in [-0.15, -0.1) is 0 Å². The van der Waals surface area contributed by atoms with Crippen LogP contribution in [0.2, 0.25) is 0 Å². The van der Waals surface area contributed by atoms with Crippen molar-refractivity contribution in [3.05, 3.63) is 28.8 Å². The van der Waals surface area contributed by atoms with Gasteiger partial charge >= 0.3 is 5.97 Å². The van der Waals surface area contributed by atoms with E-state index in [0.29, 0.717) is 5.56 Å². The maximum absolute atomic E-state index is 12.7. The molecule has 134 valence electrons. The van der Waals surface area contributed by atoms with Gasteiger partial charge in [0.05, 0.1) is 24.2 Å². The number of hydrogen-bond acceptors (Lipinski definition) is 3. The average Bonchev–Trinajstić information content (AvgIpc) is 2.50. The summed E-state index contributed by atoms with van der Waals surface area (Å²) in [6.45, 7) is 7.39. The van der Waals surface area contributed by atoms with Gasteiger partial charge in [-0.05, 0) is 57.4 Å². The van der Waals surface area contributed by atoms with E-state index in [1.807, 2.05) is 31.9 Å². The quantitative estimate of drug-likeness (QED) is 0.303. The molecule has 0 bridgehead atoms. The molecule has 1 rings (SSSR count). The van der Waals surface area contributed by atoms with Gasteiger partial charge in [0.1, 0.15) is 0 Å². The molecular formula is C18H26F2N2O2. The molecule has 0 N–H and O–H groups in total. The largest absolute Gasteiger partial charge is 0.462 e. The van der Waals surface area contributed by atoms with Gasteiger partial charge in [0.25, 0.3) is 0 Å². The number of aryl methyl sites for hydroxylation is 2. The van der Waals surface area contributed by atoms with Gasteiger partial charge in [0.15, 0.2) is 0 Å². The number of ether oxygens (including phenoxy) is 1. The first-order valence-corrected chi connectivity index (χ1v) is 8.04. The topological polar surface area (TPSA) is 41.9 Å². The second-order valence-electron chi connectivity index (χ2n) is 6.08. The van der Waals surface area contributed by atoms with Crippen molar-refractivity contribution >= 4 is 18.0 Å². The second-order valence-corrected chi connectivity index (χ2v) is 6.08. The highest BCUT2D eigenvalue weighted by Crippen LogP contribution is 2.24. The van der Waals surface area contributed by atoms with E-state index in [9.17, 15) is 13.6 Å². The molecule has 0 aliphatic rings. The lowest BCUT2D eigenvalue weighted by atomic mass is 10.0. The van der Waals surface area contributed by atoms with Crippen LogP contribution in [0.4, 0.5) is 14.5 Å². The molecule has 6 heteroatoms. The molecule has 4 nitrogen and oxygen atoms in total. The Labute approximate surface area is 142 Å². The predicted octanol–water partition coefficient (Wildman–Crippen LogP) is 4.51. The van der Waals surface area contributed by atoms with Crippen LogP contribution in [0.1, 0.15) is 48.2 Å². The Bertz CT molecular complexity index is 595. The van der Waals surface area contributed by atoms with Crippen LogP contribution in [0.3, 0.4) is 0 Å². The first kappa shape index (κ1) is 20.1. The van der Waals surface area contributed by atoms with Crippen LogP contribution in [0.25, 0.3) is 0 Å². The summed E-state index contributed by atoms with van der Waals surface area (Å²) in [6.07, 6.45) is 1.58. The van der Waals surface area contributed by atoms with Gasteiger partial charge in [-0.2, -0.15) is 0 Å². The lowest BCUT2D eigenvalue weighted by Gasteiger charge is -2.12. The van der Waals surface area contributed by atoms with Crippen LogP contribution in [-0.4, -0.2) is 43.3 Å². The number of esters is 1. The van der Waals surface area contributed by atoms with Crippen molar-refractivity contribution in [2.75, 3.05) is 20.2 Å². The highest BCUT2D eigenvalue weighted by molar-refractivity contribution is 5.92. The molecule has 24 heavy (non-hydrogen) atoms. The lowest BCUT2D eigenvalue weighted by molar-refractivity contribution is 0.00248. The van der Waals surface area contributed by atoms with Gasteiger partial charge in [0.2, 0.25) is 5.92 Å². The number of carbonyl (C=O) groups is 1. The van der Waals surface area contributed by atoms with Crippen LogP contribution >= 0.6 is 0 Å². The number of rotatable bonds is 8. The summed E-state index contributed by atoms with van der Waals surface area (Å²) in [5.74, 6) is -3.22. The molecule has 0 aromatic heterocycles. The van der Waals surface area contributed by atoms with Crippen molar-refractivity contribution in [2.45, 2.75) is 46.5 Å². The predicted molar refractivity (Wildman–Crippen MR) is 92.5 cm³/mol. The molecule has 0 radical (unpaired) electrons. The Hall–Kier alpha value is -1.98. The van der Waals surface area contributed by atoms with Crippen molar-refractivity contribution < 1.29 is 18.3 Å². The molecule has 1 aromatic rings. The summed E-state index contributed by atoms with van der Waals surface area (Å²) in [5.41, 5.74) is 2.83. The zero-order valence-corrected chi connectivity index (χ0v) is 15.0. The average molecular weight is 340 g/mol. The van der Waals surface area contributed by atoms with Crippen LogP contribution in [-0.2, 0) is 4.74 Å². The molecule has 0 aliphatic heterocycles. The van der Waals surface area contributed by atoms with Gasteiger partial charge in [-0.3, -0.25) is 0 Å². The van der Waals surface area contributed by atoms with E-state index in [-0.39, 0.29) is 19.4 Å². The number of aliphatic imine (C=N–C) groups is 1. The summed E-state index contributed by atoms with van der Waals surface area (Å²) in [5, 5.41) is 0. The number of halogens is 2. The summed E-state index contributed by atoms with van der Waals surface area (Å²) >= 11 is 0. The SMILES string of the molecule is CCN(C)/C=N/c1cc(C)c(C(=O)OCCCC(C)(F)F)cc1C. The zero-order chi connectivity index (χ0) is 18.3. The van der Waals surface area contributed by atoms with E-state index in [1.165, 1.54) is 0 Å². The van der Waals surface area contributed by atoms with Crippen molar-refractivity contribution in [1.29, 1.82) is 0 Å². The van der Waals surface area contributed by atoms with Gasteiger partial charge in [-0.1, -0.05) is 0 Å². The summed E-state index contributed by atoms with van der Waals surface area (Å²) < 4.78 is 30.6. The number of benzene rings is 1. The number of alkyl halides is 2. The Balaban J connectivity index is 2.74. The molecule has 0 saturated carbocycles. The highest BCUT2D eigenvalue weighted by Gasteiger charge is 2.20. The molecule has 0 fully saturated rings. The number of hydrogen-bond donors (Lipinski definition) is 0. The van der Waals surface area contributed by atoms with Crippen LogP contribution in [0.15, 0.2) is 17.1 Å². The molecule has 0 unspecified atom stereocenters. The van der Waals surface area contributed by atoms with E-state index < -0.39 is 11.9 Å².